The summed E-state index contributed by atoms with van der Waals surface area (Å²) < 4.78 is 0.134. The molecule has 2 heteroatoms. The second kappa shape index (κ2) is 3.51. The molecule has 0 fully saturated rings. The van der Waals surface area contributed by atoms with Gasteiger partial charge in [-0.3, -0.25) is 0 Å². The van der Waals surface area contributed by atoms with Gasteiger partial charge >= 0.3 is 0 Å². The molecule has 0 bridgehead atoms. The molecule has 1 heterocycles. The van der Waals surface area contributed by atoms with Crippen LogP contribution in [0.15, 0.2) is 6.07 Å². The molecule has 0 amide bonds. The van der Waals surface area contributed by atoms with E-state index >= 15 is 0 Å². The van der Waals surface area contributed by atoms with Crippen LogP contribution in [0, 0.1) is 6.92 Å². The molecule has 0 N–H and O–H groups in total. The molecule has 0 radical (unpaired) electrons. The summed E-state index contributed by atoms with van der Waals surface area (Å²) in [5.41, 5.74) is 1.42. The predicted octanol–water partition coefficient (Wildman–Crippen LogP) is 4.25. The molecule has 0 aliphatic rings. The fourth-order valence-electron chi connectivity index (χ4n) is 1.31. The summed E-state index contributed by atoms with van der Waals surface area (Å²) in [6.07, 6.45) is 1.15. The van der Waals surface area contributed by atoms with E-state index in [1.165, 1.54) is 15.3 Å². The molecule has 1 aromatic rings. The summed E-state index contributed by atoms with van der Waals surface area (Å²) in [5.74, 6) is 0. The van der Waals surface area contributed by atoms with E-state index in [1.807, 2.05) is 11.3 Å². The first-order valence-corrected chi connectivity index (χ1v) is 5.84. The summed E-state index contributed by atoms with van der Waals surface area (Å²) in [6, 6.07) is 2.29. The quantitative estimate of drug-likeness (QED) is 0.685. The minimum Gasteiger partial charge on any atom is -0.144 e. The van der Waals surface area contributed by atoms with Gasteiger partial charge in [-0.2, -0.15) is 0 Å². The van der Waals surface area contributed by atoms with Crippen LogP contribution in [0.1, 0.15) is 36.1 Å². The monoisotopic (exact) mass is 246 g/mol. The van der Waals surface area contributed by atoms with E-state index < -0.39 is 0 Å². The molecule has 0 atom stereocenters. The Hall–Kier alpha value is 0.180. The standard InChI is InChI=1S/C10H15BrS/c1-5-8-6-7(2)9(12-8)10(3,4)11/h6H,5H2,1-4H3. The van der Waals surface area contributed by atoms with Crippen LogP contribution in [0.5, 0.6) is 0 Å². The average Bonchev–Trinajstić information content (AvgIpc) is 2.29. The van der Waals surface area contributed by atoms with Gasteiger partial charge in [0.25, 0.3) is 0 Å². The Labute approximate surface area is 87.1 Å². The third kappa shape index (κ3) is 2.11. The van der Waals surface area contributed by atoms with Crippen LogP contribution in [0.25, 0.3) is 0 Å². The zero-order chi connectivity index (χ0) is 9.35. The zero-order valence-electron chi connectivity index (χ0n) is 8.07. The molecule has 0 aliphatic heterocycles. The van der Waals surface area contributed by atoms with Crippen molar-refractivity contribution in [3.63, 3.8) is 0 Å². The van der Waals surface area contributed by atoms with Gasteiger partial charge in [0.05, 0.1) is 4.32 Å². The largest absolute Gasteiger partial charge is 0.144 e. The molecule has 0 aliphatic carbocycles. The van der Waals surface area contributed by atoms with Crippen LogP contribution in [-0.4, -0.2) is 0 Å². The SMILES string of the molecule is CCc1cc(C)c(C(C)(C)Br)s1. The first-order valence-electron chi connectivity index (χ1n) is 4.24. The summed E-state index contributed by atoms with van der Waals surface area (Å²) in [6.45, 7) is 8.79. The summed E-state index contributed by atoms with van der Waals surface area (Å²) in [7, 11) is 0. The van der Waals surface area contributed by atoms with Crippen molar-refractivity contribution < 1.29 is 0 Å². The van der Waals surface area contributed by atoms with Crippen molar-refractivity contribution in [2.24, 2.45) is 0 Å². The third-order valence-electron chi connectivity index (χ3n) is 1.86. The molecule has 68 valence electrons. The van der Waals surface area contributed by atoms with Gasteiger partial charge in [-0.05, 0) is 38.8 Å². The molecule has 0 aromatic carbocycles. The molecular formula is C10H15BrS. The van der Waals surface area contributed by atoms with Crippen LogP contribution < -0.4 is 0 Å². The topological polar surface area (TPSA) is 0 Å². The highest BCUT2D eigenvalue weighted by Gasteiger charge is 2.20. The maximum absolute atomic E-state index is 3.69. The zero-order valence-corrected chi connectivity index (χ0v) is 10.5. The van der Waals surface area contributed by atoms with Gasteiger partial charge < -0.3 is 0 Å². The first-order chi connectivity index (χ1) is 5.45. The third-order valence-corrected chi connectivity index (χ3v) is 4.22. The average molecular weight is 247 g/mol. The number of rotatable bonds is 2. The molecular weight excluding hydrogens is 232 g/mol. The fourth-order valence-corrected chi connectivity index (χ4v) is 2.97. The van der Waals surface area contributed by atoms with Crippen molar-refractivity contribution in [3.05, 3.63) is 21.4 Å². The minimum absolute atomic E-state index is 0.134. The van der Waals surface area contributed by atoms with Crippen molar-refractivity contribution in [1.82, 2.24) is 0 Å². The van der Waals surface area contributed by atoms with Gasteiger partial charge in [-0.25, -0.2) is 0 Å². The molecule has 0 saturated carbocycles. The molecule has 0 unspecified atom stereocenters. The summed E-state index contributed by atoms with van der Waals surface area (Å²) in [5, 5.41) is 0. The number of hydrogen-bond acceptors (Lipinski definition) is 1. The lowest BCUT2D eigenvalue weighted by Gasteiger charge is -2.14. The number of aryl methyl sites for hydroxylation is 2. The van der Waals surface area contributed by atoms with Crippen molar-refractivity contribution in [2.45, 2.75) is 38.4 Å². The van der Waals surface area contributed by atoms with Gasteiger partial charge in [0.15, 0.2) is 0 Å². The van der Waals surface area contributed by atoms with Gasteiger partial charge in [-0.1, -0.05) is 22.9 Å². The highest BCUT2D eigenvalue weighted by Crippen LogP contribution is 2.38. The van der Waals surface area contributed by atoms with Crippen molar-refractivity contribution >= 4 is 27.3 Å². The lowest BCUT2D eigenvalue weighted by atomic mass is 10.1. The maximum Gasteiger partial charge on any atom is 0.0545 e. The second-order valence-corrected chi connectivity index (χ2v) is 6.67. The summed E-state index contributed by atoms with van der Waals surface area (Å²) >= 11 is 5.61. The second-order valence-electron chi connectivity index (χ2n) is 3.55. The first kappa shape index (κ1) is 10.3. The Balaban J connectivity index is 3.08. The van der Waals surface area contributed by atoms with Crippen LogP contribution in [-0.2, 0) is 10.7 Å². The predicted molar refractivity (Wildman–Crippen MR) is 60.4 cm³/mol. The van der Waals surface area contributed by atoms with Crippen molar-refractivity contribution in [3.8, 4) is 0 Å². The van der Waals surface area contributed by atoms with Crippen LogP contribution in [0.3, 0.4) is 0 Å². The maximum atomic E-state index is 3.69. The van der Waals surface area contributed by atoms with E-state index in [0.717, 1.165) is 6.42 Å². The minimum atomic E-state index is 0.134. The molecule has 0 spiro atoms. The van der Waals surface area contributed by atoms with Crippen molar-refractivity contribution in [2.75, 3.05) is 0 Å². The van der Waals surface area contributed by atoms with E-state index in [9.17, 15) is 0 Å². The number of hydrogen-bond donors (Lipinski definition) is 0. The molecule has 1 rings (SSSR count). The Morgan fingerprint density at radius 2 is 2.08 bits per heavy atom. The normalized spacial score (nSPS) is 12.1. The van der Waals surface area contributed by atoms with Gasteiger partial charge in [0, 0.05) is 9.75 Å². The van der Waals surface area contributed by atoms with E-state index in [2.05, 4.69) is 49.7 Å². The van der Waals surface area contributed by atoms with E-state index in [1.54, 1.807) is 0 Å². The number of alkyl halides is 1. The number of halogens is 1. The van der Waals surface area contributed by atoms with E-state index in [-0.39, 0.29) is 4.32 Å². The smallest absolute Gasteiger partial charge is 0.0545 e. The molecule has 12 heavy (non-hydrogen) atoms. The summed E-state index contributed by atoms with van der Waals surface area (Å²) in [4.78, 5) is 2.94. The molecule has 0 nitrogen and oxygen atoms in total. The van der Waals surface area contributed by atoms with E-state index in [4.69, 9.17) is 0 Å². The van der Waals surface area contributed by atoms with Crippen LogP contribution in [0.2, 0.25) is 0 Å². The number of thiophene rings is 1. The Bertz CT molecular complexity index is 268. The lowest BCUT2D eigenvalue weighted by molar-refractivity contribution is 0.817. The Morgan fingerprint density at radius 3 is 2.33 bits per heavy atom. The highest BCUT2D eigenvalue weighted by atomic mass is 79.9. The fraction of sp³-hybridized carbons (Fsp3) is 0.600. The molecule has 0 saturated heterocycles. The van der Waals surface area contributed by atoms with Crippen LogP contribution >= 0.6 is 27.3 Å². The Morgan fingerprint density at radius 1 is 1.50 bits per heavy atom. The van der Waals surface area contributed by atoms with Gasteiger partial charge in [-0.15, -0.1) is 11.3 Å². The highest BCUT2D eigenvalue weighted by molar-refractivity contribution is 9.09. The van der Waals surface area contributed by atoms with Gasteiger partial charge in [0.1, 0.15) is 0 Å². The van der Waals surface area contributed by atoms with Crippen molar-refractivity contribution in [1.29, 1.82) is 0 Å². The lowest BCUT2D eigenvalue weighted by Crippen LogP contribution is -2.04. The molecule has 1 aromatic heterocycles. The van der Waals surface area contributed by atoms with E-state index in [0.29, 0.717) is 0 Å². The Kier molecular flexibility index (Phi) is 3.00. The van der Waals surface area contributed by atoms with Gasteiger partial charge in [0.2, 0.25) is 0 Å². The van der Waals surface area contributed by atoms with Crippen LogP contribution in [0.4, 0.5) is 0 Å².